The van der Waals surface area contributed by atoms with Crippen molar-refractivity contribution in [1.29, 1.82) is 0 Å². The van der Waals surface area contributed by atoms with Gasteiger partial charge in [0.25, 0.3) is 0 Å². The smallest absolute Gasteiger partial charge is 0.327 e. The highest BCUT2D eigenvalue weighted by atomic mass is 16.4. The Morgan fingerprint density at radius 2 is 1.42 bits per heavy atom. The maximum Gasteiger partial charge on any atom is 0.327 e. The van der Waals surface area contributed by atoms with Gasteiger partial charge in [0.15, 0.2) is 0 Å². The predicted molar refractivity (Wildman–Crippen MR) is 204 cm³/mol. The minimum Gasteiger partial charge on any atom is -0.478 e. The van der Waals surface area contributed by atoms with E-state index >= 15 is 0 Å². The predicted octanol–water partition coefficient (Wildman–Crippen LogP) is 13.2. The standard InChI is InChI=1S/C45H76O3/c1-35(2)22-21-23-36(3)39-27-28-40-41-26-25-37-34-38(46)29-31-44(37,5)45(41,33-32-43(39,40)4)30-20-18-16-14-12-10-8-6-7-9-11-13-15-17-19-24-42(47)48/h19,24-26,35-36,38-40,46H,6-18,20-23,27-34H2,1-5H3,(H,47,48)/t36-,38?,39-,40+,43-,44+,45?/m1/s1. The summed E-state index contributed by atoms with van der Waals surface area (Å²) < 4.78 is 0. The second-order valence-electron chi connectivity index (χ2n) is 18.0. The van der Waals surface area contributed by atoms with E-state index in [9.17, 15) is 9.90 Å². The Kier molecular flexibility index (Phi) is 15.4. The molecule has 0 heterocycles. The average molecular weight is 665 g/mol. The van der Waals surface area contributed by atoms with Crippen molar-refractivity contribution in [2.24, 2.45) is 39.9 Å². The minimum atomic E-state index is -0.834. The van der Waals surface area contributed by atoms with Crippen molar-refractivity contribution in [3.05, 3.63) is 35.5 Å². The largest absolute Gasteiger partial charge is 0.478 e. The molecule has 0 saturated heterocycles. The fraction of sp³-hybridized carbons (Fsp3) is 0.844. The van der Waals surface area contributed by atoms with E-state index in [1.807, 2.05) is 5.57 Å². The minimum absolute atomic E-state index is 0.146. The van der Waals surface area contributed by atoms with Gasteiger partial charge in [0.1, 0.15) is 0 Å². The van der Waals surface area contributed by atoms with Crippen molar-refractivity contribution in [3.8, 4) is 0 Å². The van der Waals surface area contributed by atoms with Crippen LogP contribution in [-0.2, 0) is 4.79 Å². The van der Waals surface area contributed by atoms with Gasteiger partial charge in [0.05, 0.1) is 6.10 Å². The average Bonchev–Trinajstić information content (AvgIpc) is 3.40. The highest BCUT2D eigenvalue weighted by Gasteiger charge is 2.63. The number of allylic oxidation sites excluding steroid dienone is 4. The van der Waals surface area contributed by atoms with Gasteiger partial charge < -0.3 is 10.2 Å². The molecular weight excluding hydrogens is 588 g/mol. The lowest BCUT2D eigenvalue weighted by Crippen LogP contribution is -2.54. The third-order valence-electron chi connectivity index (χ3n) is 14.5. The maximum absolute atomic E-state index is 10.7. The quantitative estimate of drug-likeness (QED) is 0.0894. The van der Waals surface area contributed by atoms with Crippen molar-refractivity contribution < 1.29 is 15.0 Å². The van der Waals surface area contributed by atoms with Crippen LogP contribution in [-0.4, -0.2) is 22.3 Å². The lowest BCUT2D eigenvalue weighted by atomic mass is 9.42. The number of rotatable bonds is 22. The first-order valence-corrected chi connectivity index (χ1v) is 21.0. The summed E-state index contributed by atoms with van der Waals surface area (Å²) in [6, 6.07) is 0. The van der Waals surface area contributed by atoms with Gasteiger partial charge in [0.2, 0.25) is 0 Å². The Balaban J connectivity index is 1.23. The number of carbonyl (C=O) groups is 1. The lowest BCUT2D eigenvalue weighted by molar-refractivity contribution is -0.131. The van der Waals surface area contributed by atoms with E-state index in [0.717, 1.165) is 49.4 Å². The zero-order valence-corrected chi connectivity index (χ0v) is 32.2. The molecule has 4 aliphatic carbocycles. The molecule has 3 saturated carbocycles. The van der Waals surface area contributed by atoms with Gasteiger partial charge in [-0.2, -0.15) is 0 Å². The molecule has 0 aliphatic heterocycles. The van der Waals surface area contributed by atoms with E-state index < -0.39 is 5.97 Å². The van der Waals surface area contributed by atoms with Crippen molar-refractivity contribution >= 4 is 5.97 Å². The lowest BCUT2D eigenvalue weighted by Gasteiger charge is -2.62. The monoisotopic (exact) mass is 665 g/mol. The molecule has 0 bridgehead atoms. The maximum atomic E-state index is 10.7. The molecule has 7 atom stereocenters. The van der Waals surface area contributed by atoms with Crippen molar-refractivity contribution in [3.63, 3.8) is 0 Å². The molecule has 0 aromatic heterocycles. The molecule has 0 amide bonds. The summed E-state index contributed by atoms with van der Waals surface area (Å²) in [7, 11) is 0. The second-order valence-corrected chi connectivity index (χ2v) is 18.0. The second kappa shape index (κ2) is 18.8. The van der Waals surface area contributed by atoms with Crippen molar-refractivity contribution in [2.45, 2.75) is 201 Å². The van der Waals surface area contributed by atoms with E-state index in [4.69, 9.17) is 5.11 Å². The number of hydrogen-bond acceptors (Lipinski definition) is 2. The fourth-order valence-corrected chi connectivity index (χ4v) is 11.5. The molecule has 3 heteroatoms. The molecule has 48 heavy (non-hydrogen) atoms. The van der Waals surface area contributed by atoms with Crippen LogP contribution in [0.2, 0.25) is 0 Å². The molecule has 274 valence electrons. The summed E-state index contributed by atoms with van der Waals surface area (Å²) in [6.07, 6.45) is 40.5. The number of aliphatic hydroxyl groups excluding tert-OH is 1. The number of fused-ring (bicyclic) bond motifs is 5. The summed E-state index contributed by atoms with van der Waals surface area (Å²) >= 11 is 0. The molecule has 0 aromatic rings. The topological polar surface area (TPSA) is 57.5 Å². The number of unbranched alkanes of at least 4 members (excludes halogenated alkanes) is 13. The van der Waals surface area contributed by atoms with E-state index in [1.54, 1.807) is 11.6 Å². The zero-order valence-electron chi connectivity index (χ0n) is 32.2. The fourth-order valence-electron chi connectivity index (χ4n) is 11.5. The number of aliphatic hydroxyl groups is 1. The normalized spacial score (nSPS) is 32.1. The van der Waals surface area contributed by atoms with Crippen LogP contribution in [0.3, 0.4) is 0 Å². The molecule has 0 radical (unpaired) electrons. The van der Waals surface area contributed by atoms with Gasteiger partial charge in [-0.25, -0.2) is 4.79 Å². The molecule has 4 aliphatic rings. The summed E-state index contributed by atoms with van der Waals surface area (Å²) in [5.41, 5.74) is 4.43. The van der Waals surface area contributed by atoms with E-state index in [2.05, 4.69) is 46.8 Å². The zero-order chi connectivity index (χ0) is 34.6. The van der Waals surface area contributed by atoms with Gasteiger partial charge in [-0.05, 0) is 98.7 Å². The molecule has 0 aromatic carbocycles. The number of hydrogen-bond donors (Lipinski definition) is 2. The molecule has 2 unspecified atom stereocenters. The molecular formula is C45H76O3. The highest BCUT2D eigenvalue weighted by molar-refractivity contribution is 5.79. The van der Waals surface area contributed by atoms with Gasteiger partial charge in [-0.3, -0.25) is 0 Å². The van der Waals surface area contributed by atoms with Crippen LogP contribution in [0.1, 0.15) is 195 Å². The van der Waals surface area contributed by atoms with Gasteiger partial charge in [-0.15, -0.1) is 0 Å². The molecule has 4 rings (SSSR count). The highest BCUT2D eigenvalue weighted by Crippen LogP contribution is 2.72. The Labute approximate surface area is 296 Å². The van der Waals surface area contributed by atoms with Crippen LogP contribution in [0.15, 0.2) is 35.5 Å². The van der Waals surface area contributed by atoms with Crippen LogP contribution in [0.25, 0.3) is 0 Å². The number of aliphatic carboxylic acids is 1. The third-order valence-corrected chi connectivity index (χ3v) is 14.5. The molecule has 0 spiro atoms. The van der Waals surface area contributed by atoms with Crippen LogP contribution in [0.5, 0.6) is 0 Å². The van der Waals surface area contributed by atoms with E-state index in [-0.39, 0.29) is 11.5 Å². The first-order valence-electron chi connectivity index (χ1n) is 21.0. The van der Waals surface area contributed by atoms with Gasteiger partial charge >= 0.3 is 5.97 Å². The third kappa shape index (κ3) is 9.70. The Bertz CT molecular complexity index is 1080. The Hall–Kier alpha value is -1.35. The van der Waals surface area contributed by atoms with E-state index in [0.29, 0.717) is 10.8 Å². The summed E-state index contributed by atoms with van der Waals surface area (Å²) in [6.45, 7) is 12.7. The molecule has 3 fully saturated rings. The SMILES string of the molecule is CC(C)CCC[C@@H](C)[C@H]1CC[C@H]2C3=CC=C4CC(O)CC[C@]4(C)C3(CCCCCCCCCCCCCCCC=CC(=O)O)CC[C@]12C. The van der Waals surface area contributed by atoms with Crippen LogP contribution in [0.4, 0.5) is 0 Å². The van der Waals surface area contributed by atoms with Gasteiger partial charge in [-0.1, -0.05) is 160 Å². The Morgan fingerprint density at radius 1 is 0.792 bits per heavy atom. The molecule has 2 N–H and O–H groups in total. The first kappa shape index (κ1) is 39.4. The van der Waals surface area contributed by atoms with Gasteiger partial charge in [0, 0.05) is 11.5 Å². The number of carboxylic acids is 1. The van der Waals surface area contributed by atoms with Crippen LogP contribution < -0.4 is 0 Å². The summed E-state index contributed by atoms with van der Waals surface area (Å²) in [5.74, 6) is 2.46. The van der Waals surface area contributed by atoms with E-state index in [1.165, 1.54) is 141 Å². The van der Waals surface area contributed by atoms with Crippen LogP contribution in [0, 0.1) is 39.9 Å². The number of carboxylic acid groups (broad SMARTS) is 1. The van der Waals surface area contributed by atoms with Crippen molar-refractivity contribution in [1.82, 2.24) is 0 Å². The summed E-state index contributed by atoms with van der Waals surface area (Å²) in [4.78, 5) is 10.5. The molecule has 3 nitrogen and oxygen atoms in total. The summed E-state index contributed by atoms with van der Waals surface area (Å²) in [5, 5.41) is 19.3. The first-order chi connectivity index (χ1) is 23.0. The van der Waals surface area contributed by atoms with Crippen molar-refractivity contribution in [2.75, 3.05) is 0 Å². The Morgan fingerprint density at radius 3 is 2.04 bits per heavy atom. The van der Waals surface area contributed by atoms with Crippen LogP contribution >= 0.6 is 0 Å².